The molecule has 2 aliphatic heterocycles. The maximum atomic E-state index is 11.6. The van der Waals surface area contributed by atoms with Crippen molar-refractivity contribution in [1.82, 2.24) is 15.2 Å². The van der Waals surface area contributed by atoms with E-state index < -0.39 is 0 Å². The van der Waals surface area contributed by atoms with E-state index >= 15 is 0 Å². The zero-order chi connectivity index (χ0) is 21.9. The molecule has 0 spiro atoms. The number of benzene rings is 2. The second-order valence-electron chi connectivity index (χ2n) is 8.72. The quantitative estimate of drug-likeness (QED) is 0.646. The molecule has 2 fully saturated rings. The molecule has 6 nitrogen and oxygen atoms in total. The van der Waals surface area contributed by atoms with Gasteiger partial charge in [-0.3, -0.25) is 14.7 Å². The van der Waals surface area contributed by atoms with Crippen LogP contribution in [0.25, 0.3) is 22.0 Å². The third kappa shape index (κ3) is 4.61. The molecule has 0 saturated carbocycles. The summed E-state index contributed by atoms with van der Waals surface area (Å²) in [6, 6.07) is 16.9. The van der Waals surface area contributed by atoms with Gasteiger partial charge < -0.3 is 14.8 Å². The van der Waals surface area contributed by atoms with Gasteiger partial charge in [0.2, 0.25) is 5.91 Å². The number of amides is 1. The molecule has 32 heavy (non-hydrogen) atoms. The minimum atomic E-state index is -0.0662. The number of carbonyl (C=O) groups is 1. The summed E-state index contributed by atoms with van der Waals surface area (Å²) >= 11 is 0. The van der Waals surface area contributed by atoms with Gasteiger partial charge in [0.25, 0.3) is 0 Å². The van der Waals surface area contributed by atoms with Crippen LogP contribution >= 0.6 is 0 Å². The SMILES string of the molecule is C[C@@H](Oc1cc(-c2ccc(CN3CCOCC3)cc2)cc2ncccc12)[C@@H]1CNC(=O)C1. The van der Waals surface area contributed by atoms with Crippen molar-refractivity contribution in [1.29, 1.82) is 0 Å². The molecular weight excluding hydrogens is 402 g/mol. The van der Waals surface area contributed by atoms with Crippen LogP contribution in [0.5, 0.6) is 5.75 Å². The average molecular weight is 432 g/mol. The zero-order valence-corrected chi connectivity index (χ0v) is 18.4. The van der Waals surface area contributed by atoms with Gasteiger partial charge in [-0.25, -0.2) is 0 Å². The number of nitrogens with zero attached hydrogens (tertiary/aromatic N) is 2. The lowest BCUT2D eigenvalue weighted by Gasteiger charge is -2.26. The van der Waals surface area contributed by atoms with Gasteiger partial charge in [0.05, 0.1) is 18.7 Å². The van der Waals surface area contributed by atoms with Gasteiger partial charge in [0.1, 0.15) is 11.9 Å². The number of fused-ring (bicyclic) bond motifs is 1. The van der Waals surface area contributed by atoms with Crippen molar-refractivity contribution in [2.75, 3.05) is 32.8 Å². The van der Waals surface area contributed by atoms with E-state index in [0.717, 1.165) is 60.6 Å². The summed E-state index contributed by atoms with van der Waals surface area (Å²) in [5.74, 6) is 1.09. The summed E-state index contributed by atoms with van der Waals surface area (Å²) in [6.45, 7) is 7.25. The molecule has 166 valence electrons. The molecule has 0 radical (unpaired) electrons. The van der Waals surface area contributed by atoms with Crippen LogP contribution in [0, 0.1) is 5.92 Å². The molecule has 1 N–H and O–H groups in total. The fourth-order valence-electron chi connectivity index (χ4n) is 4.49. The molecule has 1 aromatic heterocycles. The van der Waals surface area contributed by atoms with Crippen LogP contribution in [0.2, 0.25) is 0 Å². The van der Waals surface area contributed by atoms with Crippen LogP contribution in [0.3, 0.4) is 0 Å². The van der Waals surface area contributed by atoms with E-state index in [2.05, 4.69) is 51.6 Å². The molecule has 2 saturated heterocycles. The second kappa shape index (κ2) is 9.27. The third-order valence-electron chi connectivity index (χ3n) is 6.47. The van der Waals surface area contributed by atoms with E-state index in [-0.39, 0.29) is 17.9 Å². The fourth-order valence-corrected chi connectivity index (χ4v) is 4.49. The molecule has 5 rings (SSSR count). The van der Waals surface area contributed by atoms with Crippen LogP contribution in [-0.2, 0) is 16.1 Å². The van der Waals surface area contributed by atoms with Crippen molar-refractivity contribution < 1.29 is 14.3 Å². The number of ether oxygens (including phenoxy) is 2. The van der Waals surface area contributed by atoms with Crippen LogP contribution in [-0.4, -0.2) is 54.7 Å². The van der Waals surface area contributed by atoms with E-state index in [0.29, 0.717) is 13.0 Å². The van der Waals surface area contributed by atoms with Gasteiger partial charge in [-0.05, 0) is 47.9 Å². The highest BCUT2D eigenvalue weighted by molar-refractivity contribution is 5.90. The van der Waals surface area contributed by atoms with Gasteiger partial charge in [-0.15, -0.1) is 0 Å². The van der Waals surface area contributed by atoms with Gasteiger partial charge in [0, 0.05) is 50.1 Å². The Balaban J connectivity index is 1.39. The van der Waals surface area contributed by atoms with Gasteiger partial charge >= 0.3 is 0 Å². The van der Waals surface area contributed by atoms with E-state index in [4.69, 9.17) is 9.47 Å². The van der Waals surface area contributed by atoms with Gasteiger partial charge in [-0.1, -0.05) is 24.3 Å². The van der Waals surface area contributed by atoms with Crippen molar-refractivity contribution in [3.8, 4) is 16.9 Å². The predicted molar refractivity (Wildman–Crippen MR) is 124 cm³/mol. The average Bonchev–Trinajstić information content (AvgIpc) is 3.27. The highest BCUT2D eigenvalue weighted by atomic mass is 16.5. The van der Waals surface area contributed by atoms with Crippen molar-refractivity contribution in [3.05, 3.63) is 60.3 Å². The maximum Gasteiger partial charge on any atom is 0.220 e. The standard InChI is InChI=1S/C26H29N3O3/c1-18(22-15-26(30)28-16-22)32-25-14-21(13-24-23(25)3-2-8-27-24)20-6-4-19(5-7-20)17-29-9-11-31-12-10-29/h2-8,13-14,18,22H,9-12,15-17H2,1H3,(H,28,30)/t18-,22+/m1/s1. The van der Waals surface area contributed by atoms with Crippen molar-refractivity contribution >= 4 is 16.8 Å². The molecule has 0 bridgehead atoms. The van der Waals surface area contributed by atoms with Crippen LogP contribution < -0.4 is 10.1 Å². The highest BCUT2D eigenvalue weighted by Crippen LogP contribution is 2.33. The molecular formula is C26H29N3O3. The number of carbonyl (C=O) groups excluding carboxylic acids is 1. The molecule has 6 heteroatoms. The highest BCUT2D eigenvalue weighted by Gasteiger charge is 2.28. The Morgan fingerprint density at radius 3 is 2.72 bits per heavy atom. The topological polar surface area (TPSA) is 63.7 Å². The van der Waals surface area contributed by atoms with Crippen LogP contribution in [0.4, 0.5) is 0 Å². The third-order valence-corrected chi connectivity index (χ3v) is 6.47. The van der Waals surface area contributed by atoms with E-state index in [9.17, 15) is 4.79 Å². The first-order valence-electron chi connectivity index (χ1n) is 11.4. The minimum absolute atomic E-state index is 0.0662. The monoisotopic (exact) mass is 431 g/mol. The summed E-state index contributed by atoms with van der Waals surface area (Å²) in [6.07, 6.45) is 2.26. The summed E-state index contributed by atoms with van der Waals surface area (Å²) < 4.78 is 11.8. The Morgan fingerprint density at radius 1 is 1.16 bits per heavy atom. The lowest BCUT2D eigenvalue weighted by Crippen LogP contribution is -2.35. The summed E-state index contributed by atoms with van der Waals surface area (Å²) in [7, 11) is 0. The number of aromatic nitrogens is 1. The summed E-state index contributed by atoms with van der Waals surface area (Å²) in [4.78, 5) is 18.6. The molecule has 2 aromatic carbocycles. The normalized spacial score (nSPS) is 20.3. The number of nitrogens with one attached hydrogen (secondary N) is 1. The van der Waals surface area contributed by atoms with E-state index in [1.165, 1.54) is 5.56 Å². The first kappa shape index (κ1) is 20.9. The van der Waals surface area contributed by atoms with Crippen LogP contribution in [0.1, 0.15) is 18.9 Å². The molecule has 3 heterocycles. The van der Waals surface area contributed by atoms with E-state index in [1.807, 2.05) is 25.3 Å². The van der Waals surface area contributed by atoms with Crippen molar-refractivity contribution in [2.45, 2.75) is 26.0 Å². The largest absolute Gasteiger partial charge is 0.490 e. The smallest absolute Gasteiger partial charge is 0.220 e. The lowest BCUT2D eigenvalue weighted by molar-refractivity contribution is -0.119. The van der Waals surface area contributed by atoms with Crippen LogP contribution in [0.15, 0.2) is 54.7 Å². The fraction of sp³-hybridized carbons (Fsp3) is 0.385. The molecule has 0 aliphatic carbocycles. The van der Waals surface area contributed by atoms with Gasteiger partial charge in [0.15, 0.2) is 0 Å². The Bertz CT molecular complexity index is 1090. The second-order valence-corrected chi connectivity index (χ2v) is 8.72. The lowest BCUT2D eigenvalue weighted by atomic mass is 10.0. The molecule has 2 atom stereocenters. The Morgan fingerprint density at radius 2 is 1.97 bits per heavy atom. The first-order valence-corrected chi connectivity index (χ1v) is 11.4. The Kier molecular flexibility index (Phi) is 6.06. The van der Waals surface area contributed by atoms with Crippen molar-refractivity contribution in [3.63, 3.8) is 0 Å². The summed E-state index contributed by atoms with van der Waals surface area (Å²) in [5, 5.41) is 3.89. The number of hydrogen-bond acceptors (Lipinski definition) is 5. The predicted octanol–water partition coefficient (Wildman–Crippen LogP) is 3.64. The zero-order valence-electron chi connectivity index (χ0n) is 18.4. The molecule has 0 unspecified atom stereocenters. The summed E-state index contributed by atoms with van der Waals surface area (Å²) in [5.41, 5.74) is 4.43. The Labute approximate surface area is 188 Å². The number of morpholine rings is 1. The molecule has 2 aliphatic rings. The molecule has 1 amide bonds. The Hall–Kier alpha value is -2.96. The number of hydrogen-bond donors (Lipinski definition) is 1. The first-order chi connectivity index (χ1) is 15.7. The minimum Gasteiger partial charge on any atom is -0.490 e. The number of rotatable bonds is 6. The van der Waals surface area contributed by atoms with Crippen molar-refractivity contribution in [2.24, 2.45) is 5.92 Å². The van der Waals surface area contributed by atoms with E-state index in [1.54, 1.807) is 0 Å². The number of pyridine rings is 1. The maximum absolute atomic E-state index is 11.6. The van der Waals surface area contributed by atoms with Gasteiger partial charge in [-0.2, -0.15) is 0 Å². The molecule has 3 aromatic rings.